The summed E-state index contributed by atoms with van der Waals surface area (Å²) in [6.07, 6.45) is 11.6. The van der Waals surface area contributed by atoms with Crippen molar-refractivity contribution in [3.63, 3.8) is 0 Å². The van der Waals surface area contributed by atoms with Crippen molar-refractivity contribution in [1.29, 1.82) is 0 Å². The maximum atomic E-state index is 6.23. The fraction of sp³-hybridized carbons (Fsp3) is 0.412. The third-order valence-electron chi connectivity index (χ3n) is 4.80. The first kappa shape index (κ1) is 15.8. The van der Waals surface area contributed by atoms with E-state index in [1.165, 1.54) is 12.8 Å². The van der Waals surface area contributed by atoms with Crippen LogP contribution in [0.25, 0.3) is 22.0 Å². The SMILES string of the molecule is Cn1cc(-c2cnc(N)c3cnc(N[C@H]4CCCC[C@H]4N)nc23)cn1. The number of aryl methyl sites for hydroxylation is 1. The van der Waals surface area contributed by atoms with Crippen molar-refractivity contribution in [2.24, 2.45) is 12.8 Å². The summed E-state index contributed by atoms with van der Waals surface area (Å²) >= 11 is 0. The average molecular weight is 338 g/mol. The van der Waals surface area contributed by atoms with E-state index in [1.807, 2.05) is 13.2 Å². The summed E-state index contributed by atoms with van der Waals surface area (Å²) in [7, 11) is 1.88. The van der Waals surface area contributed by atoms with Crippen molar-refractivity contribution in [3.8, 4) is 11.1 Å². The molecule has 130 valence electrons. The molecule has 8 nitrogen and oxygen atoms in total. The molecule has 1 aliphatic rings. The number of fused-ring (bicyclic) bond motifs is 1. The van der Waals surface area contributed by atoms with E-state index in [1.54, 1.807) is 23.3 Å². The van der Waals surface area contributed by atoms with Gasteiger partial charge in [0.1, 0.15) is 5.82 Å². The second kappa shape index (κ2) is 6.29. The largest absolute Gasteiger partial charge is 0.383 e. The van der Waals surface area contributed by atoms with Crippen LogP contribution >= 0.6 is 0 Å². The van der Waals surface area contributed by atoms with E-state index in [2.05, 4.69) is 20.4 Å². The van der Waals surface area contributed by atoms with Crippen LogP contribution in [-0.2, 0) is 7.05 Å². The Morgan fingerprint density at radius 2 is 2.00 bits per heavy atom. The highest BCUT2D eigenvalue weighted by molar-refractivity contribution is 5.98. The summed E-state index contributed by atoms with van der Waals surface area (Å²) < 4.78 is 1.75. The smallest absolute Gasteiger partial charge is 0.223 e. The molecule has 0 amide bonds. The molecule has 3 heterocycles. The van der Waals surface area contributed by atoms with Crippen LogP contribution < -0.4 is 16.8 Å². The maximum absolute atomic E-state index is 6.23. The van der Waals surface area contributed by atoms with Gasteiger partial charge in [-0.15, -0.1) is 0 Å². The van der Waals surface area contributed by atoms with Crippen LogP contribution in [-0.4, -0.2) is 36.8 Å². The molecule has 8 heteroatoms. The number of hydrogen-bond acceptors (Lipinski definition) is 7. The fourth-order valence-electron chi connectivity index (χ4n) is 3.39. The topological polar surface area (TPSA) is 121 Å². The number of anilines is 2. The number of nitrogens with two attached hydrogens (primary N) is 2. The molecule has 0 aromatic carbocycles. The first-order valence-corrected chi connectivity index (χ1v) is 8.54. The lowest BCUT2D eigenvalue weighted by Crippen LogP contribution is -2.42. The molecule has 4 rings (SSSR count). The van der Waals surface area contributed by atoms with E-state index in [0.717, 1.165) is 34.9 Å². The fourth-order valence-corrected chi connectivity index (χ4v) is 3.39. The number of aromatic nitrogens is 5. The number of nitrogens with zero attached hydrogens (tertiary/aromatic N) is 5. The molecule has 0 saturated heterocycles. The summed E-state index contributed by atoms with van der Waals surface area (Å²) in [6.45, 7) is 0. The predicted molar refractivity (Wildman–Crippen MR) is 97.8 cm³/mol. The molecule has 1 aliphatic carbocycles. The minimum absolute atomic E-state index is 0.133. The normalized spacial score (nSPS) is 20.7. The zero-order valence-corrected chi connectivity index (χ0v) is 14.2. The van der Waals surface area contributed by atoms with Crippen LogP contribution in [0.3, 0.4) is 0 Å². The third-order valence-corrected chi connectivity index (χ3v) is 4.80. The lowest BCUT2D eigenvalue weighted by Gasteiger charge is -2.29. The van der Waals surface area contributed by atoms with Gasteiger partial charge in [0.2, 0.25) is 5.95 Å². The first-order chi connectivity index (χ1) is 12.1. The number of hydrogen-bond donors (Lipinski definition) is 3. The van der Waals surface area contributed by atoms with E-state index in [9.17, 15) is 0 Å². The van der Waals surface area contributed by atoms with Gasteiger partial charge in [0.25, 0.3) is 0 Å². The molecule has 1 saturated carbocycles. The molecular weight excluding hydrogens is 316 g/mol. The maximum Gasteiger partial charge on any atom is 0.223 e. The number of nitrogens with one attached hydrogen (secondary N) is 1. The highest BCUT2D eigenvalue weighted by Crippen LogP contribution is 2.29. The van der Waals surface area contributed by atoms with Crippen LogP contribution in [0.5, 0.6) is 0 Å². The Hall–Kier alpha value is -2.74. The van der Waals surface area contributed by atoms with Crippen LogP contribution in [0.4, 0.5) is 11.8 Å². The number of rotatable bonds is 3. The van der Waals surface area contributed by atoms with Crippen LogP contribution in [0.1, 0.15) is 25.7 Å². The molecule has 0 bridgehead atoms. The summed E-state index contributed by atoms with van der Waals surface area (Å²) in [5.41, 5.74) is 14.8. The molecule has 0 unspecified atom stereocenters. The van der Waals surface area contributed by atoms with E-state index >= 15 is 0 Å². The summed E-state index contributed by atoms with van der Waals surface area (Å²) in [6, 6.07) is 0.334. The van der Waals surface area contributed by atoms with Crippen molar-refractivity contribution >= 4 is 22.7 Å². The Bertz CT molecular complexity index is 903. The Morgan fingerprint density at radius 1 is 1.16 bits per heavy atom. The van der Waals surface area contributed by atoms with Crippen molar-refractivity contribution in [1.82, 2.24) is 24.7 Å². The Morgan fingerprint density at radius 3 is 2.76 bits per heavy atom. The predicted octanol–water partition coefficient (Wildman–Crippen LogP) is 1.69. The molecule has 5 N–H and O–H groups in total. The lowest BCUT2D eigenvalue weighted by atomic mass is 9.91. The minimum atomic E-state index is 0.133. The minimum Gasteiger partial charge on any atom is -0.383 e. The lowest BCUT2D eigenvalue weighted by molar-refractivity contribution is 0.402. The molecule has 0 radical (unpaired) electrons. The van der Waals surface area contributed by atoms with Crippen LogP contribution in [0.2, 0.25) is 0 Å². The standard InChI is InChI=1S/C17H22N8/c1-25-9-10(6-22-25)11-7-20-16(19)12-8-21-17(24-15(11)12)23-14-5-3-2-4-13(14)18/h6-9,13-14H,2-5,18H2,1H3,(H2,19,20)(H,21,23,24)/t13-,14+/m1/s1. The molecular formula is C17H22N8. The van der Waals surface area contributed by atoms with Gasteiger partial charge in [-0.1, -0.05) is 12.8 Å². The van der Waals surface area contributed by atoms with E-state index in [0.29, 0.717) is 11.8 Å². The number of nitrogen functional groups attached to an aromatic ring is 1. The van der Waals surface area contributed by atoms with Crippen LogP contribution in [0, 0.1) is 0 Å². The van der Waals surface area contributed by atoms with Crippen molar-refractivity contribution < 1.29 is 0 Å². The average Bonchev–Trinajstić information content (AvgIpc) is 3.03. The molecule has 2 atom stereocenters. The monoisotopic (exact) mass is 338 g/mol. The van der Waals surface area contributed by atoms with Crippen molar-refractivity contribution in [3.05, 3.63) is 24.8 Å². The first-order valence-electron chi connectivity index (χ1n) is 8.54. The molecule has 0 aliphatic heterocycles. The second-order valence-electron chi connectivity index (χ2n) is 6.61. The molecule has 25 heavy (non-hydrogen) atoms. The highest BCUT2D eigenvalue weighted by atomic mass is 15.2. The molecule has 0 spiro atoms. The van der Waals surface area contributed by atoms with Crippen LogP contribution in [0.15, 0.2) is 24.8 Å². The summed E-state index contributed by atoms with van der Waals surface area (Å²) in [5, 5.41) is 8.36. The third kappa shape index (κ3) is 3.00. The Labute approximate surface area is 145 Å². The second-order valence-corrected chi connectivity index (χ2v) is 6.61. The zero-order chi connectivity index (χ0) is 17.4. The summed E-state index contributed by atoms with van der Waals surface area (Å²) in [4.78, 5) is 13.4. The van der Waals surface area contributed by atoms with E-state index < -0.39 is 0 Å². The van der Waals surface area contributed by atoms with E-state index in [4.69, 9.17) is 16.5 Å². The van der Waals surface area contributed by atoms with Crippen molar-refractivity contribution in [2.45, 2.75) is 37.8 Å². The van der Waals surface area contributed by atoms with Gasteiger partial charge in [-0.05, 0) is 12.8 Å². The zero-order valence-electron chi connectivity index (χ0n) is 14.2. The highest BCUT2D eigenvalue weighted by Gasteiger charge is 2.22. The van der Waals surface area contributed by atoms with Gasteiger partial charge in [-0.2, -0.15) is 5.10 Å². The van der Waals surface area contributed by atoms with Gasteiger partial charge < -0.3 is 16.8 Å². The van der Waals surface area contributed by atoms with E-state index in [-0.39, 0.29) is 12.1 Å². The van der Waals surface area contributed by atoms with Gasteiger partial charge >= 0.3 is 0 Å². The molecule has 1 fully saturated rings. The van der Waals surface area contributed by atoms with Crippen molar-refractivity contribution in [2.75, 3.05) is 11.1 Å². The van der Waals surface area contributed by atoms with Gasteiger partial charge in [0, 0.05) is 48.8 Å². The van der Waals surface area contributed by atoms with Gasteiger partial charge in [0.05, 0.1) is 17.1 Å². The quantitative estimate of drug-likeness (QED) is 0.664. The Balaban J connectivity index is 1.75. The molecule has 3 aromatic heterocycles. The van der Waals surface area contributed by atoms with Gasteiger partial charge in [-0.3, -0.25) is 4.68 Å². The molecule has 3 aromatic rings. The Kier molecular flexibility index (Phi) is 3.96. The van der Waals surface area contributed by atoms with Gasteiger partial charge in [-0.25, -0.2) is 15.0 Å². The number of pyridine rings is 1. The van der Waals surface area contributed by atoms with Gasteiger partial charge in [0.15, 0.2) is 0 Å². The summed E-state index contributed by atoms with van der Waals surface area (Å²) in [5.74, 6) is 0.995.